The van der Waals surface area contributed by atoms with Gasteiger partial charge in [0, 0.05) is 5.92 Å². The van der Waals surface area contributed by atoms with Gasteiger partial charge in [0.15, 0.2) is 0 Å². The summed E-state index contributed by atoms with van der Waals surface area (Å²) >= 11 is 0. The van der Waals surface area contributed by atoms with Gasteiger partial charge >= 0.3 is 0 Å². The predicted octanol–water partition coefficient (Wildman–Crippen LogP) is 7.88. The van der Waals surface area contributed by atoms with Crippen molar-refractivity contribution in [3.05, 3.63) is 0 Å². The van der Waals surface area contributed by atoms with Crippen LogP contribution in [0.5, 0.6) is 0 Å². The fourth-order valence-electron chi connectivity index (χ4n) is 5.41. The number of epoxide rings is 1. The maximum atomic E-state index is 6.49. The third kappa shape index (κ3) is 9.24. The standard InChI is InChI=1S/C28H54O4/c1-6-10-11-12-13-14-15-25(21-23(5)24-16-17-26-27(22-24)32-26)28(29-18-7-2,30-19-8-3)31-20-9-4/h23-27H,6-22H2,1-5H3. The molecular weight excluding hydrogens is 400 g/mol. The minimum Gasteiger partial charge on any atom is -0.370 e. The van der Waals surface area contributed by atoms with Crippen LogP contribution >= 0.6 is 0 Å². The molecule has 0 radical (unpaired) electrons. The van der Waals surface area contributed by atoms with Crippen LogP contribution in [0.3, 0.4) is 0 Å². The van der Waals surface area contributed by atoms with Crippen molar-refractivity contribution >= 4 is 0 Å². The third-order valence-electron chi connectivity index (χ3n) is 7.43. The molecule has 1 saturated heterocycles. The maximum Gasteiger partial charge on any atom is 0.285 e. The van der Waals surface area contributed by atoms with Crippen LogP contribution < -0.4 is 0 Å². The van der Waals surface area contributed by atoms with Crippen molar-refractivity contribution in [3.63, 3.8) is 0 Å². The van der Waals surface area contributed by atoms with Crippen LogP contribution in [0.1, 0.15) is 125 Å². The van der Waals surface area contributed by atoms with Crippen LogP contribution in [0.2, 0.25) is 0 Å². The van der Waals surface area contributed by atoms with E-state index in [1.165, 1.54) is 57.8 Å². The lowest BCUT2D eigenvalue weighted by atomic mass is 9.76. The summed E-state index contributed by atoms with van der Waals surface area (Å²) in [6.45, 7) is 13.3. The number of ether oxygens (including phenoxy) is 4. The van der Waals surface area contributed by atoms with E-state index in [2.05, 4.69) is 34.6 Å². The highest BCUT2D eigenvalue weighted by atomic mass is 16.9. The maximum absolute atomic E-state index is 6.49. The SMILES string of the molecule is CCCCCCCCC(CC(C)C1CCC2OC2C1)C(OCCC)(OCCC)OCCC. The second kappa shape index (κ2) is 15.7. The second-order valence-electron chi connectivity index (χ2n) is 10.4. The summed E-state index contributed by atoms with van der Waals surface area (Å²) in [6, 6.07) is 0. The van der Waals surface area contributed by atoms with Gasteiger partial charge in [0.25, 0.3) is 5.97 Å². The van der Waals surface area contributed by atoms with E-state index in [0.29, 0.717) is 37.9 Å². The Hall–Kier alpha value is -0.160. The lowest BCUT2D eigenvalue weighted by Crippen LogP contribution is -2.48. The molecule has 1 aliphatic carbocycles. The molecule has 1 heterocycles. The third-order valence-corrected chi connectivity index (χ3v) is 7.43. The second-order valence-corrected chi connectivity index (χ2v) is 10.4. The van der Waals surface area contributed by atoms with E-state index in [1.807, 2.05) is 0 Å². The highest BCUT2D eigenvalue weighted by molar-refractivity contribution is 4.93. The minimum absolute atomic E-state index is 0.283. The molecule has 0 spiro atoms. The van der Waals surface area contributed by atoms with E-state index in [0.717, 1.165) is 38.0 Å². The topological polar surface area (TPSA) is 40.2 Å². The Bertz CT molecular complexity index is 447. The molecule has 0 aromatic carbocycles. The Kier molecular flexibility index (Phi) is 13.8. The fraction of sp³-hybridized carbons (Fsp3) is 1.00. The molecule has 0 N–H and O–H groups in total. The molecule has 0 aromatic heterocycles. The molecule has 190 valence electrons. The predicted molar refractivity (Wildman–Crippen MR) is 133 cm³/mol. The molecule has 5 unspecified atom stereocenters. The number of hydrogen-bond acceptors (Lipinski definition) is 4. The molecule has 0 amide bonds. The molecular formula is C28H54O4. The lowest BCUT2D eigenvalue weighted by molar-refractivity contribution is -0.407. The van der Waals surface area contributed by atoms with Crippen LogP contribution in [-0.4, -0.2) is 38.0 Å². The van der Waals surface area contributed by atoms with E-state index in [-0.39, 0.29) is 5.92 Å². The van der Waals surface area contributed by atoms with Crippen molar-refractivity contribution < 1.29 is 18.9 Å². The average Bonchev–Trinajstić information content (AvgIpc) is 3.59. The summed E-state index contributed by atoms with van der Waals surface area (Å²) in [5, 5.41) is 0. The highest BCUT2D eigenvalue weighted by Gasteiger charge is 2.47. The first kappa shape index (κ1) is 28.1. The van der Waals surface area contributed by atoms with Gasteiger partial charge in [0.1, 0.15) is 0 Å². The van der Waals surface area contributed by atoms with Gasteiger partial charge in [-0.25, -0.2) is 0 Å². The summed E-state index contributed by atoms with van der Waals surface area (Å²) in [6.07, 6.45) is 18.0. The molecule has 2 fully saturated rings. The minimum atomic E-state index is -0.882. The zero-order chi connectivity index (χ0) is 23.2. The van der Waals surface area contributed by atoms with Gasteiger partial charge < -0.3 is 18.9 Å². The molecule has 5 atom stereocenters. The summed E-state index contributed by atoms with van der Waals surface area (Å²) < 4.78 is 25.3. The quantitative estimate of drug-likeness (QED) is 0.107. The first-order chi connectivity index (χ1) is 15.6. The molecule has 32 heavy (non-hydrogen) atoms. The zero-order valence-corrected chi connectivity index (χ0v) is 22.0. The van der Waals surface area contributed by atoms with Gasteiger partial charge in [-0.2, -0.15) is 0 Å². The molecule has 0 bridgehead atoms. The van der Waals surface area contributed by atoms with Crippen molar-refractivity contribution in [1.82, 2.24) is 0 Å². The van der Waals surface area contributed by atoms with Gasteiger partial charge in [-0.15, -0.1) is 0 Å². The smallest absolute Gasteiger partial charge is 0.285 e. The first-order valence-corrected chi connectivity index (χ1v) is 14.2. The fourth-order valence-corrected chi connectivity index (χ4v) is 5.41. The zero-order valence-electron chi connectivity index (χ0n) is 22.0. The monoisotopic (exact) mass is 454 g/mol. The van der Waals surface area contributed by atoms with Gasteiger partial charge in [-0.05, 0) is 63.2 Å². The molecule has 2 aliphatic rings. The van der Waals surface area contributed by atoms with Crippen LogP contribution in [0, 0.1) is 17.8 Å². The van der Waals surface area contributed by atoms with Gasteiger partial charge in [-0.1, -0.05) is 73.1 Å². The highest BCUT2D eigenvalue weighted by Crippen LogP contribution is 2.45. The lowest BCUT2D eigenvalue weighted by Gasteiger charge is -2.42. The number of unbranched alkanes of at least 4 members (excludes halogenated alkanes) is 5. The Labute approximate surface area is 199 Å². The normalized spacial score (nSPS) is 24.8. The van der Waals surface area contributed by atoms with E-state index in [4.69, 9.17) is 18.9 Å². The first-order valence-electron chi connectivity index (χ1n) is 14.2. The number of fused-ring (bicyclic) bond motifs is 1. The van der Waals surface area contributed by atoms with Crippen molar-refractivity contribution in [3.8, 4) is 0 Å². The number of rotatable bonds is 20. The average molecular weight is 455 g/mol. The Morgan fingerprint density at radius 3 is 1.91 bits per heavy atom. The summed E-state index contributed by atoms with van der Waals surface area (Å²) in [5.41, 5.74) is 0. The molecule has 2 rings (SSSR count). The molecule has 4 heteroatoms. The van der Waals surface area contributed by atoms with Gasteiger partial charge in [-0.3, -0.25) is 0 Å². The Balaban J connectivity index is 2.09. The molecule has 0 aromatic rings. The van der Waals surface area contributed by atoms with Crippen molar-refractivity contribution in [2.45, 2.75) is 143 Å². The Morgan fingerprint density at radius 1 is 0.750 bits per heavy atom. The Morgan fingerprint density at radius 2 is 1.34 bits per heavy atom. The van der Waals surface area contributed by atoms with E-state index in [9.17, 15) is 0 Å². The van der Waals surface area contributed by atoms with Crippen LogP contribution in [0.15, 0.2) is 0 Å². The van der Waals surface area contributed by atoms with Crippen LogP contribution in [-0.2, 0) is 18.9 Å². The largest absolute Gasteiger partial charge is 0.370 e. The number of hydrogen-bond donors (Lipinski definition) is 0. The van der Waals surface area contributed by atoms with Crippen molar-refractivity contribution in [2.75, 3.05) is 19.8 Å². The summed E-state index contributed by atoms with van der Waals surface area (Å²) in [5.74, 6) is 0.802. The summed E-state index contributed by atoms with van der Waals surface area (Å²) in [7, 11) is 0. The van der Waals surface area contributed by atoms with Gasteiger partial charge in [0.2, 0.25) is 0 Å². The van der Waals surface area contributed by atoms with Crippen LogP contribution in [0.4, 0.5) is 0 Å². The van der Waals surface area contributed by atoms with Crippen molar-refractivity contribution in [2.24, 2.45) is 17.8 Å². The molecule has 1 aliphatic heterocycles. The van der Waals surface area contributed by atoms with E-state index < -0.39 is 5.97 Å². The van der Waals surface area contributed by atoms with Crippen LogP contribution in [0.25, 0.3) is 0 Å². The molecule has 1 saturated carbocycles. The van der Waals surface area contributed by atoms with E-state index >= 15 is 0 Å². The molecule has 4 nitrogen and oxygen atoms in total. The summed E-state index contributed by atoms with van der Waals surface area (Å²) in [4.78, 5) is 0. The van der Waals surface area contributed by atoms with E-state index in [1.54, 1.807) is 0 Å². The van der Waals surface area contributed by atoms with Crippen molar-refractivity contribution in [1.29, 1.82) is 0 Å². The van der Waals surface area contributed by atoms with Gasteiger partial charge in [0.05, 0.1) is 32.0 Å².